The van der Waals surface area contributed by atoms with E-state index >= 15 is 0 Å². The Morgan fingerprint density at radius 2 is 2.00 bits per heavy atom. The van der Waals surface area contributed by atoms with E-state index in [4.69, 9.17) is 9.72 Å². The molecule has 1 aliphatic rings. The molecule has 8 heteroatoms. The fraction of sp³-hybridized carbons (Fsp3) is 0.360. The molecule has 0 N–H and O–H groups in total. The number of carbonyl (C=O) groups is 1. The van der Waals surface area contributed by atoms with Gasteiger partial charge in [0.1, 0.15) is 0 Å². The molecule has 1 saturated heterocycles. The molecule has 0 bridgehead atoms. The number of halogens is 1. The number of anilines is 1. The number of aromatic nitrogens is 3. The summed E-state index contributed by atoms with van der Waals surface area (Å²) in [5.74, 6) is -0.0155. The number of rotatable bonds is 6. The van der Waals surface area contributed by atoms with Gasteiger partial charge in [-0.15, -0.1) is 0 Å². The molecule has 3 aromatic rings. The number of aryl methyl sites for hydroxylation is 1. The average molecular weight is 450 g/mol. The zero-order valence-corrected chi connectivity index (χ0v) is 19.2. The lowest BCUT2D eigenvalue weighted by atomic mass is 9.93. The van der Waals surface area contributed by atoms with Crippen molar-refractivity contribution in [2.24, 2.45) is 0 Å². The van der Waals surface area contributed by atoms with Crippen LogP contribution in [0, 0.1) is 12.7 Å². The van der Waals surface area contributed by atoms with Crippen molar-refractivity contribution >= 4 is 11.9 Å². The fourth-order valence-electron chi connectivity index (χ4n) is 4.14. The molecule has 0 aliphatic carbocycles. The largest absolute Gasteiger partial charge is 0.481 e. The summed E-state index contributed by atoms with van der Waals surface area (Å²) in [4.78, 5) is 30.5. The maximum absolute atomic E-state index is 13.9. The highest BCUT2D eigenvalue weighted by molar-refractivity contribution is 5.79. The molecule has 2 aromatic heterocycles. The zero-order chi connectivity index (χ0) is 23.4. The first-order valence-corrected chi connectivity index (χ1v) is 11.1. The van der Waals surface area contributed by atoms with Crippen molar-refractivity contribution in [3.63, 3.8) is 0 Å². The van der Waals surface area contributed by atoms with Crippen molar-refractivity contribution < 1.29 is 13.9 Å². The first-order valence-electron chi connectivity index (χ1n) is 11.1. The van der Waals surface area contributed by atoms with Crippen LogP contribution < -0.4 is 9.64 Å². The molecule has 1 aliphatic heterocycles. The van der Waals surface area contributed by atoms with Gasteiger partial charge in [0.2, 0.25) is 5.95 Å². The molecule has 1 amide bonds. The van der Waals surface area contributed by atoms with E-state index in [2.05, 4.69) is 9.97 Å². The van der Waals surface area contributed by atoms with Crippen LogP contribution in [0.4, 0.5) is 10.3 Å². The summed E-state index contributed by atoms with van der Waals surface area (Å²) in [5, 5.41) is 0. The lowest BCUT2D eigenvalue weighted by molar-refractivity contribution is -0.137. The zero-order valence-electron chi connectivity index (χ0n) is 19.2. The normalized spacial score (nSPS) is 15.9. The highest BCUT2D eigenvalue weighted by Gasteiger charge is 2.32. The number of hydrogen-bond donors (Lipinski definition) is 0. The number of hydrogen-bond acceptors (Lipinski definition) is 6. The molecular weight excluding hydrogens is 421 g/mol. The Morgan fingerprint density at radius 1 is 1.18 bits per heavy atom. The minimum Gasteiger partial charge on any atom is -0.481 e. The van der Waals surface area contributed by atoms with Gasteiger partial charge in [0.25, 0.3) is 5.91 Å². The van der Waals surface area contributed by atoms with E-state index in [0.29, 0.717) is 12.5 Å². The Morgan fingerprint density at radius 3 is 2.76 bits per heavy atom. The second kappa shape index (κ2) is 9.94. The van der Waals surface area contributed by atoms with Gasteiger partial charge >= 0.3 is 0 Å². The molecule has 3 heterocycles. The molecule has 1 aromatic carbocycles. The van der Waals surface area contributed by atoms with Gasteiger partial charge in [0.15, 0.2) is 18.2 Å². The minimum atomic E-state index is -0.484. The quantitative estimate of drug-likeness (QED) is 0.562. The van der Waals surface area contributed by atoms with Crippen LogP contribution in [0.15, 0.2) is 48.9 Å². The highest BCUT2D eigenvalue weighted by atomic mass is 19.1. The van der Waals surface area contributed by atoms with E-state index in [-0.39, 0.29) is 24.3 Å². The molecule has 4 rings (SSSR count). The number of ether oxygens (including phenoxy) is 1. The predicted molar refractivity (Wildman–Crippen MR) is 125 cm³/mol. The topological polar surface area (TPSA) is 71.5 Å². The number of carbonyl (C=O) groups excluding carboxylic acids is 1. The van der Waals surface area contributed by atoms with E-state index in [9.17, 15) is 9.18 Å². The summed E-state index contributed by atoms with van der Waals surface area (Å²) < 4.78 is 19.5. The van der Waals surface area contributed by atoms with Crippen LogP contribution in [-0.2, 0) is 4.79 Å². The lowest BCUT2D eigenvalue weighted by Crippen LogP contribution is -2.41. The van der Waals surface area contributed by atoms with Crippen molar-refractivity contribution in [1.29, 1.82) is 0 Å². The second-order valence-electron chi connectivity index (χ2n) is 8.37. The van der Waals surface area contributed by atoms with Crippen molar-refractivity contribution in [2.75, 3.05) is 32.1 Å². The maximum atomic E-state index is 13.9. The van der Waals surface area contributed by atoms with Crippen molar-refractivity contribution in [1.82, 2.24) is 19.9 Å². The molecule has 0 spiro atoms. The molecule has 172 valence electrons. The molecule has 0 radical (unpaired) electrons. The first-order chi connectivity index (χ1) is 16.0. The minimum absolute atomic E-state index is 0.0736. The van der Waals surface area contributed by atoms with Crippen LogP contribution in [0.1, 0.15) is 36.6 Å². The van der Waals surface area contributed by atoms with Gasteiger partial charge in [-0.05, 0) is 55.5 Å². The van der Waals surface area contributed by atoms with E-state index in [0.717, 1.165) is 41.6 Å². The Kier molecular flexibility index (Phi) is 6.82. The van der Waals surface area contributed by atoms with E-state index in [1.54, 1.807) is 18.3 Å². The van der Waals surface area contributed by atoms with Crippen LogP contribution in [0.3, 0.4) is 0 Å². The second-order valence-corrected chi connectivity index (χ2v) is 8.37. The van der Waals surface area contributed by atoms with Gasteiger partial charge in [0, 0.05) is 44.8 Å². The monoisotopic (exact) mass is 449 g/mol. The molecular formula is C25H28FN5O2. The lowest BCUT2D eigenvalue weighted by Gasteiger charge is -2.36. The van der Waals surface area contributed by atoms with Gasteiger partial charge in [-0.25, -0.2) is 14.4 Å². The van der Waals surface area contributed by atoms with Gasteiger partial charge in [-0.1, -0.05) is 12.1 Å². The Bertz CT molecular complexity index is 1140. The third-order valence-corrected chi connectivity index (χ3v) is 5.84. The van der Waals surface area contributed by atoms with Crippen LogP contribution >= 0.6 is 0 Å². The van der Waals surface area contributed by atoms with Crippen LogP contribution in [-0.4, -0.2) is 53.0 Å². The molecule has 33 heavy (non-hydrogen) atoms. The Labute approximate surface area is 193 Å². The van der Waals surface area contributed by atoms with Gasteiger partial charge < -0.3 is 14.5 Å². The van der Waals surface area contributed by atoms with Gasteiger partial charge in [-0.2, -0.15) is 0 Å². The smallest absolute Gasteiger partial charge is 0.261 e. The molecule has 1 atom stereocenters. The third kappa shape index (κ3) is 4.94. The van der Waals surface area contributed by atoms with Gasteiger partial charge in [0.05, 0.1) is 11.7 Å². The maximum Gasteiger partial charge on any atom is 0.261 e. The van der Waals surface area contributed by atoms with E-state index in [1.165, 1.54) is 12.1 Å². The number of benzene rings is 1. The average Bonchev–Trinajstić information content (AvgIpc) is 2.83. The van der Waals surface area contributed by atoms with E-state index < -0.39 is 5.82 Å². The fourth-order valence-corrected chi connectivity index (χ4v) is 4.14. The van der Waals surface area contributed by atoms with Crippen molar-refractivity contribution in [3.8, 4) is 16.9 Å². The SMILES string of the molecule is Cc1cnccc1-c1cnc(N(C)C)nc1[C@H]1CCCCN1C(=O)COc1ccccc1F. The van der Waals surface area contributed by atoms with Crippen LogP contribution in [0.25, 0.3) is 11.1 Å². The van der Waals surface area contributed by atoms with Crippen molar-refractivity contribution in [3.05, 3.63) is 66.0 Å². The number of pyridine rings is 1. The third-order valence-electron chi connectivity index (χ3n) is 5.84. The summed E-state index contributed by atoms with van der Waals surface area (Å²) in [7, 11) is 3.78. The summed E-state index contributed by atoms with van der Waals surface area (Å²) in [5.41, 5.74) is 3.70. The molecule has 0 saturated carbocycles. The Hall–Kier alpha value is -3.55. The van der Waals surface area contributed by atoms with Crippen LogP contribution in [0.2, 0.25) is 0 Å². The molecule has 1 fully saturated rings. The number of para-hydroxylation sites is 1. The van der Waals surface area contributed by atoms with Crippen LogP contribution in [0.5, 0.6) is 5.75 Å². The molecule has 7 nitrogen and oxygen atoms in total. The predicted octanol–water partition coefficient (Wildman–Crippen LogP) is 4.18. The summed E-state index contributed by atoms with van der Waals surface area (Å²) >= 11 is 0. The number of likely N-dealkylation sites (tertiary alicyclic amines) is 1. The number of amides is 1. The highest BCUT2D eigenvalue weighted by Crippen LogP contribution is 2.37. The summed E-state index contributed by atoms with van der Waals surface area (Å²) in [6, 6.07) is 7.83. The number of piperidine rings is 1. The number of nitrogens with zero attached hydrogens (tertiary/aromatic N) is 5. The standard InChI is InChI=1S/C25H28FN5O2/c1-17-14-27-12-11-18(17)19-15-28-25(30(2)3)29-24(19)21-9-6-7-13-31(21)23(32)16-33-22-10-5-4-8-20(22)26/h4-5,8,10-12,14-15,21H,6-7,9,13,16H2,1-3H3/t21-/m1/s1. The van der Waals surface area contributed by atoms with E-state index in [1.807, 2.05) is 49.3 Å². The van der Waals surface area contributed by atoms with Gasteiger partial charge in [-0.3, -0.25) is 9.78 Å². The van der Waals surface area contributed by atoms with Crippen molar-refractivity contribution in [2.45, 2.75) is 32.2 Å². The Balaban J connectivity index is 1.68. The summed E-state index contributed by atoms with van der Waals surface area (Å²) in [6.45, 7) is 2.37. The first kappa shape index (κ1) is 22.6. The molecule has 0 unspecified atom stereocenters. The summed E-state index contributed by atoms with van der Waals surface area (Å²) in [6.07, 6.45) is 8.05.